The van der Waals surface area contributed by atoms with Gasteiger partial charge in [-0.2, -0.15) is 0 Å². The summed E-state index contributed by atoms with van der Waals surface area (Å²) in [6.45, 7) is 39.0. The Morgan fingerprint density at radius 1 is 0.415 bits per heavy atom. The Morgan fingerprint density at radius 2 is 0.805 bits per heavy atom. The van der Waals surface area contributed by atoms with Crippen LogP contribution in [0.1, 0.15) is 156 Å². The van der Waals surface area contributed by atoms with Gasteiger partial charge in [-0.15, -0.1) is 0 Å². The summed E-state index contributed by atoms with van der Waals surface area (Å²) in [6.07, 6.45) is 2.98. The molecule has 9 aromatic carbocycles. The number of aryl methyl sites for hydroxylation is 1. The number of phenols is 2. The molecule has 21 heteroatoms. The van der Waals surface area contributed by atoms with Crippen LogP contribution in [0.3, 0.4) is 0 Å². The van der Waals surface area contributed by atoms with Crippen molar-refractivity contribution in [2.45, 2.75) is 119 Å². The molecule has 6 heterocycles. The van der Waals surface area contributed by atoms with Crippen molar-refractivity contribution >= 4 is 28.9 Å². The average Bonchev–Trinajstić information content (AvgIpc) is 1.51. The van der Waals surface area contributed by atoms with Crippen molar-refractivity contribution in [1.82, 2.24) is 29.8 Å². The largest absolute Gasteiger partial charge is 0.508 e. The molecule has 9 aromatic rings. The van der Waals surface area contributed by atoms with Crippen LogP contribution in [0.2, 0.25) is 0 Å². The van der Waals surface area contributed by atoms with Gasteiger partial charge in [0, 0.05) is 131 Å². The third-order valence-electron chi connectivity index (χ3n) is 21.7. The van der Waals surface area contributed by atoms with Crippen LogP contribution in [0.15, 0.2) is 195 Å². The second-order valence-electron chi connectivity index (χ2n) is 30.9. The first kappa shape index (κ1) is 86.3. The number of phenolic OH excluding ortho intramolecular Hbond substituents is 2. The number of carboxylic acid groups (broad SMARTS) is 1. The number of nitrogens with one attached hydrogen (secondary N) is 1. The normalized spacial score (nSPS) is 15.0. The zero-order valence-electron chi connectivity index (χ0n) is 69.0. The molecule has 0 spiro atoms. The van der Waals surface area contributed by atoms with Crippen LogP contribution >= 0.6 is 0 Å². The van der Waals surface area contributed by atoms with Crippen molar-refractivity contribution in [2.24, 2.45) is 0 Å². The summed E-state index contributed by atoms with van der Waals surface area (Å²) in [5.74, 6) is 2.87. The van der Waals surface area contributed by atoms with Gasteiger partial charge in [0.25, 0.3) is 11.8 Å². The van der Waals surface area contributed by atoms with E-state index in [1.54, 1.807) is 23.1 Å². The van der Waals surface area contributed by atoms with E-state index in [-0.39, 0.29) is 52.7 Å². The minimum atomic E-state index is -1.06. The van der Waals surface area contributed by atoms with Gasteiger partial charge < -0.3 is 73.1 Å². The van der Waals surface area contributed by atoms with E-state index in [0.717, 1.165) is 222 Å². The summed E-state index contributed by atoms with van der Waals surface area (Å²) in [4.78, 5) is 49.6. The molecular weight excluding hydrogens is 1490 g/mol. The highest BCUT2D eigenvalue weighted by Crippen LogP contribution is 2.40. The van der Waals surface area contributed by atoms with E-state index in [1.807, 2.05) is 173 Å². The molecule has 118 heavy (non-hydrogen) atoms. The fraction of sp³-hybridized carbons (Fsp3) is 0.371. The lowest BCUT2D eigenvalue weighted by molar-refractivity contribution is 0.0357. The van der Waals surface area contributed by atoms with Crippen molar-refractivity contribution in [2.75, 3.05) is 118 Å². The van der Waals surface area contributed by atoms with Crippen molar-refractivity contribution in [3.63, 3.8) is 0 Å². The first-order valence-corrected chi connectivity index (χ1v) is 41.2. The van der Waals surface area contributed by atoms with Gasteiger partial charge in [0.05, 0.1) is 78.1 Å². The number of hydrogen-bond donors (Lipinski definition) is 4. The molecule has 0 atom stereocenters. The van der Waals surface area contributed by atoms with Gasteiger partial charge >= 0.3 is 5.97 Å². The number of aromatic carboxylic acids is 1. The SMILES string of the molecule is C=C(C)c1cc(C(=O)N2Cc3cccc(OCCCN4CCOCC4)c3C2)c(C)cc1OCc1ccccc1.C=C(C)c1cc(C(=O)O)c(OCc2ccccc2)cc1OCc1ccccc1.CC(C)c1cc(C(=O)N2Cc3cccc(OCCCN4CCOCC4)c3C2)c(O)cc1O.c1cc2c(c(OCCCN3CCOCC3)c1)CNC2. The van der Waals surface area contributed by atoms with E-state index >= 15 is 0 Å². The topological polar surface area (TPSA) is 223 Å². The average molecular weight is 1600 g/mol. The number of aromatic hydroxyl groups is 2. The number of carbonyl (C=O) groups excluding carboxylic acids is 2. The molecule has 0 aliphatic carbocycles. The Hall–Kier alpha value is -11.0. The summed E-state index contributed by atoms with van der Waals surface area (Å²) in [7, 11) is 0. The number of morpholine rings is 3. The number of fused-ring (bicyclic) bond motifs is 3. The lowest BCUT2D eigenvalue weighted by Crippen LogP contribution is -2.37. The Kier molecular flexibility index (Phi) is 31.8. The fourth-order valence-corrected chi connectivity index (χ4v) is 15.1. The maximum atomic E-state index is 13.7. The van der Waals surface area contributed by atoms with Crippen LogP contribution in [0, 0.1) is 6.92 Å². The van der Waals surface area contributed by atoms with E-state index in [1.165, 1.54) is 17.2 Å². The number of carbonyl (C=O) groups is 3. The standard InChI is InChI=1S/C33H38N2O4.C25H32N2O5.C24H22O4.C15H22N2O2/c1-24(2)28-20-29(25(3)19-32(28)39-23-26-9-5-4-6-10-26)33(36)35-21-27-11-7-12-31(30(27)22-35)38-16-8-13-34-14-17-37-18-15-34;1-17(2)19-13-20(23(29)14-22(19)28)25(30)27-15-18-5-3-6-24(21(18)16-27)32-10-4-7-26-8-11-31-12-9-26;1-17(2)20-13-21(24(25)26)23(28-16-19-11-7-4-8-12-19)14-22(20)27-15-18-9-5-3-6-10-18;1-3-13-11-16-12-14(13)15(4-1)19-8-2-5-17-6-9-18-10-7-17/h4-7,9-12,19-20H,1,8,13-18,21-23H2,2-3H3;3,5-6,13-14,17,28-29H,4,7-12,15-16H2,1-2H3;3-14H,1,15-16H2,2H3,(H,25,26);1,3-4,16H,2,5-12H2. The molecule has 3 saturated heterocycles. The number of amides is 2. The molecule has 0 bridgehead atoms. The van der Waals surface area contributed by atoms with E-state index in [9.17, 15) is 29.7 Å². The summed E-state index contributed by atoms with van der Waals surface area (Å²) < 4.78 is 52.4. The highest BCUT2D eigenvalue weighted by Gasteiger charge is 2.32. The van der Waals surface area contributed by atoms with Gasteiger partial charge in [0.1, 0.15) is 71.4 Å². The van der Waals surface area contributed by atoms with Crippen LogP contribution in [0.5, 0.6) is 46.0 Å². The number of allylic oxidation sites excluding steroid dienone is 2. The van der Waals surface area contributed by atoms with E-state index < -0.39 is 5.97 Å². The van der Waals surface area contributed by atoms with Crippen LogP contribution < -0.4 is 33.7 Å². The summed E-state index contributed by atoms with van der Waals surface area (Å²) in [5.41, 5.74) is 15.7. The first-order chi connectivity index (χ1) is 57.4. The van der Waals surface area contributed by atoms with Gasteiger partial charge in [-0.1, -0.05) is 154 Å². The summed E-state index contributed by atoms with van der Waals surface area (Å²) in [5, 5.41) is 33.4. The lowest BCUT2D eigenvalue weighted by Gasteiger charge is -2.26. The van der Waals surface area contributed by atoms with Crippen LogP contribution in [-0.4, -0.2) is 176 Å². The molecule has 15 rings (SSSR count). The van der Waals surface area contributed by atoms with Gasteiger partial charge in [0.2, 0.25) is 0 Å². The van der Waals surface area contributed by atoms with Crippen LogP contribution in [0.25, 0.3) is 11.1 Å². The van der Waals surface area contributed by atoms with Gasteiger partial charge in [-0.3, -0.25) is 24.3 Å². The highest BCUT2D eigenvalue weighted by atomic mass is 16.5. The lowest BCUT2D eigenvalue weighted by atomic mass is 9.98. The molecule has 0 aromatic heterocycles. The number of hydrogen-bond acceptors (Lipinski definition) is 18. The van der Waals surface area contributed by atoms with Crippen molar-refractivity contribution in [1.29, 1.82) is 0 Å². The molecule has 622 valence electrons. The molecule has 6 aliphatic heterocycles. The monoisotopic (exact) mass is 1600 g/mol. The number of ether oxygens (including phenoxy) is 9. The smallest absolute Gasteiger partial charge is 0.339 e. The Labute approximate surface area is 694 Å². The quantitative estimate of drug-likeness (QED) is 0.0307. The molecular formula is C97H114N6O15. The van der Waals surface area contributed by atoms with Crippen molar-refractivity contribution < 1.29 is 72.3 Å². The highest BCUT2D eigenvalue weighted by molar-refractivity contribution is 5.98. The Morgan fingerprint density at radius 3 is 1.22 bits per heavy atom. The third-order valence-corrected chi connectivity index (χ3v) is 21.7. The number of rotatable bonds is 30. The molecule has 6 aliphatic rings. The minimum absolute atomic E-state index is 0.00604. The summed E-state index contributed by atoms with van der Waals surface area (Å²) >= 11 is 0. The van der Waals surface area contributed by atoms with Gasteiger partial charge in [0.15, 0.2) is 0 Å². The fourth-order valence-electron chi connectivity index (χ4n) is 15.1. The first-order valence-electron chi connectivity index (χ1n) is 41.2. The van der Waals surface area contributed by atoms with Crippen molar-refractivity contribution in [3.8, 4) is 46.0 Å². The van der Waals surface area contributed by atoms with E-state index in [2.05, 4.69) is 57.4 Å². The number of benzene rings is 9. The predicted molar refractivity (Wildman–Crippen MR) is 459 cm³/mol. The molecule has 0 radical (unpaired) electrons. The summed E-state index contributed by atoms with van der Waals surface area (Å²) in [6, 6.07) is 57.8. The minimum Gasteiger partial charge on any atom is -0.508 e. The zero-order chi connectivity index (χ0) is 82.7. The third kappa shape index (κ3) is 24.1. The van der Waals surface area contributed by atoms with Crippen molar-refractivity contribution in [3.05, 3.63) is 284 Å². The van der Waals surface area contributed by atoms with Gasteiger partial charge in [-0.05, 0) is 144 Å². The second kappa shape index (κ2) is 43.4. The second-order valence-corrected chi connectivity index (χ2v) is 30.9. The molecule has 0 unspecified atom stereocenters. The molecule has 0 saturated carbocycles. The number of carboxylic acids is 1. The molecule has 3 fully saturated rings. The molecule has 21 nitrogen and oxygen atoms in total. The van der Waals surface area contributed by atoms with Crippen LogP contribution in [-0.2, 0) is 73.3 Å². The number of nitrogens with zero attached hydrogens (tertiary/aromatic N) is 5. The van der Waals surface area contributed by atoms with E-state index in [0.29, 0.717) is 75.0 Å². The van der Waals surface area contributed by atoms with Crippen LogP contribution in [0.4, 0.5) is 0 Å². The van der Waals surface area contributed by atoms with Gasteiger partial charge in [-0.25, -0.2) is 4.79 Å². The maximum Gasteiger partial charge on any atom is 0.339 e. The Bertz CT molecular complexity index is 4750. The predicted octanol–water partition coefficient (Wildman–Crippen LogP) is 16.3. The molecule has 4 N–H and O–H groups in total. The molecule has 2 amide bonds. The zero-order valence-corrected chi connectivity index (χ0v) is 69.0. The van der Waals surface area contributed by atoms with E-state index in [4.69, 9.17) is 42.6 Å². The maximum absolute atomic E-state index is 13.7. The Balaban J connectivity index is 0.000000149.